The Labute approximate surface area is 158 Å². The van der Waals surface area contributed by atoms with Gasteiger partial charge in [0, 0.05) is 19.0 Å². The number of piperidine rings is 2. The molecule has 5 nitrogen and oxygen atoms in total. The van der Waals surface area contributed by atoms with Crippen molar-refractivity contribution in [2.75, 3.05) is 38.0 Å². The second-order valence-corrected chi connectivity index (χ2v) is 7.52. The third-order valence-corrected chi connectivity index (χ3v) is 5.49. The fourth-order valence-corrected chi connectivity index (χ4v) is 3.91. The summed E-state index contributed by atoms with van der Waals surface area (Å²) in [5.41, 5.74) is 0.410. The lowest BCUT2D eigenvalue weighted by atomic mass is 9.94. The molecule has 1 aromatic rings. The number of rotatable bonds is 4. The molecule has 1 N–H and O–H groups in total. The third-order valence-electron chi connectivity index (χ3n) is 5.18. The average Bonchev–Trinajstić information content (AvgIpc) is 2.65. The largest absolute Gasteiger partial charge is 0.342 e. The SMILES string of the molecule is O=C(CN1CCC(C(=O)N2CCCCC2)CC1)Nc1ccc(F)cc1Cl. The molecule has 0 spiro atoms. The van der Waals surface area contributed by atoms with Crippen LogP contribution in [-0.4, -0.2) is 54.3 Å². The van der Waals surface area contributed by atoms with E-state index in [0.29, 0.717) is 5.69 Å². The van der Waals surface area contributed by atoms with E-state index in [0.717, 1.165) is 51.9 Å². The molecular formula is C19H25ClFN3O2. The zero-order valence-corrected chi connectivity index (χ0v) is 15.6. The Kier molecular flexibility index (Phi) is 6.48. The van der Waals surface area contributed by atoms with E-state index < -0.39 is 5.82 Å². The van der Waals surface area contributed by atoms with E-state index in [-0.39, 0.29) is 29.3 Å². The molecule has 2 aliphatic rings. The van der Waals surface area contributed by atoms with Crippen LogP contribution in [0.1, 0.15) is 32.1 Å². The quantitative estimate of drug-likeness (QED) is 0.871. The molecule has 0 aromatic heterocycles. The van der Waals surface area contributed by atoms with Gasteiger partial charge in [-0.1, -0.05) is 11.6 Å². The predicted octanol–water partition coefficient (Wildman–Crippen LogP) is 3.14. The zero-order valence-electron chi connectivity index (χ0n) is 14.8. The number of carbonyl (C=O) groups is 2. The predicted molar refractivity (Wildman–Crippen MR) is 99.6 cm³/mol. The van der Waals surface area contributed by atoms with Gasteiger partial charge in [-0.15, -0.1) is 0 Å². The van der Waals surface area contributed by atoms with Crippen molar-refractivity contribution in [1.82, 2.24) is 9.80 Å². The Bertz CT molecular complexity index is 656. The minimum Gasteiger partial charge on any atom is -0.342 e. The van der Waals surface area contributed by atoms with Crippen LogP contribution in [0.3, 0.4) is 0 Å². The van der Waals surface area contributed by atoms with Gasteiger partial charge in [0.1, 0.15) is 5.82 Å². The van der Waals surface area contributed by atoms with Crippen LogP contribution in [0.15, 0.2) is 18.2 Å². The van der Waals surface area contributed by atoms with Crippen molar-refractivity contribution in [2.24, 2.45) is 5.92 Å². The van der Waals surface area contributed by atoms with Crippen LogP contribution >= 0.6 is 11.6 Å². The maximum absolute atomic E-state index is 13.1. The van der Waals surface area contributed by atoms with Crippen LogP contribution in [0.5, 0.6) is 0 Å². The van der Waals surface area contributed by atoms with Gasteiger partial charge in [-0.25, -0.2) is 4.39 Å². The highest BCUT2D eigenvalue weighted by atomic mass is 35.5. The molecule has 26 heavy (non-hydrogen) atoms. The molecule has 0 aliphatic carbocycles. The van der Waals surface area contributed by atoms with Gasteiger partial charge in [-0.2, -0.15) is 0 Å². The molecule has 0 radical (unpaired) electrons. The molecule has 2 fully saturated rings. The topological polar surface area (TPSA) is 52.7 Å². The third kappa shape index (κ3) is 4.95. The van der Waals surface area contributed by atoms with E-state index in [2.05, 4.69) is 5.32 Å². The number of likely N-dealkylation sites (tertiary alicyclic amines) is 2. The lowest BCUT2D eigenvalue weighted by molar-refractivity contribution is -0.138. The van der Waals surface area contributed by atoms with Crippen LogP contribution in [0.4, 0.5) is 10.1 Å². The van der Waals surface area contributed by atoms with Gasteiger partial charge in [0.2, 0.25) is 11.8 Å². The standard InChI is InChI=1S/C19H25ClFN3O2/c20-16-12-15(21)4-5-17(16)22-18(25)13-23-10-6-14(7-11-23)19(26)24-8-2-1-3-9-24/h4-5,12,14H,1-3,6-11,13H2,(H,22,25). The van der Waals surface area contributed by atoms with E-state index in [1.165, 1.54) is 24.6 Å². The van der Waals surface area contributed by atoms with Crippen LogP contribution in [-0.2, 0) is 9.59 Å². The molecule has 142 valence electrons. The normalized spacial score (nSPS) is 19.4. The maximum Gasteiger partial charge on any atom is 0.238 e. The van der Waals surface area contributed by atoms with E-state index in [1.807, 2.05) is 9.80 Å². The Balaban J connectivity index is 1.44. The first-order valence-corrected chi connectivity index (χ1v) is 9.67. The summed E-state index contributed by atoms with van der Waals surface area (Å²) < 4.78 is 13.1. The van der Waals surface area contributed by atoms with Gasteiger partial charge < -0.3 is 10.2 Å². The van der Waals surface area contributed by atoms with E-state index in [9.17, 15) is 14.0 Å². The van der Waals surface area contributed by atoms with Gasteiger partial charge >= 0.3 is 0 Å². The minimum atomic E-state index is -0.437. The lowest BCUT2D eigenvalue weighted by Gasteiger charge is -2.35. The summed E-state index contributed by atoms with van der Waals surface area (Å²) in [5, 5.41) is 2.90. The number of amides is 2. The molecule has 2 amide bonds. The first kappa shape index (κ1) is 19.1. The van der Waals surface area contributed by atoms with Crippen molar-refractivity contribution in [3.05, 3.63) is 29.0 Å². The molecule has 2 heterocycles. The first-order chi connectivity index (χ1) is 12.5. The average molecular weight is 382 g/mol. The van der Waals surface area contributed by atoms with E-state index >= 15 is 0 Å². The van der Waals surface area contributed by atoms with Gasteiger partial charge in [0.25, 0.3) is 0 Å². The van der Waals surface area contributed by atoms with Crippen molar-refractivity contribution in [1.29, 1.82) is 0 Å². The van der Waals surface area contributed by atoms with E-state index in [4.69, 9.17) is 11.6 Å². The van der Waals surface area contributed by atoms with Crippen LogP contribution in [0.2, 0.25) is 5.02 Å². The highest BCUT2D eigenvalue weighted by molar-refractivity contribution is 6.33. The summed E-state index contributed by atoms with van der Waals surface area (Å²) in [6, 6.07) is 3.90. The van der Waals surface area contributed by atoms with Crippen molar-refractivity contribution >= 4 is 29.1 Å². The molecule has 1 aromatic carbocycles. The molecule has 3 rings (SSSR count). The molecule has 0 saturated carbocycles. The highest BCUT2D eigenvalue weighted by Crippen LogP contribution is 2.24. The minimum absolute atomic E-state index is 0.0824. The molecule has 0 atom stereocenters. The first-order valence-electron chi connectivity index (χ1n) is 9.29. The second kappa shape index (κ2) is 8.82. The second-order valence-electron chi connectivity index (χ2n) is 7.11. The van der Waals surface area contributed by atoms with Crippen molar-refractivity contribution in [2.45, 2.75) is 32.1 Å². The molecule has 0 bridgehead atoms. The Morgan fingerprint density at radius 3 is 2.46 bits per heavy atom. The number of hydrogen-bond donors (Lipinski definition) is 1. The number of anilines is 1. The van der Waals surface area contributed by atoms with Crippen LogP contribution in [0, 0.1) is 11.7 Å². The van der Waals surface area contributed by atoms with Gasteiger partial charge in [-0.3, -0.25) is 14.5 Å². The van der Waals surface area contributed by atoms with Gasteiger partial charge in [-0.05, 0) is 63.4 Å². The van der Waals surface area contributed by atoms with E-state index in [1.54, 1.807) is 0 Å². The molecule has 7 heteroatoms. The molecular weight excluding hydrogens is 357 g/mol. The summed E-state index contributed by atoms with van der Waals surface area (Å²) in [6.45, 7) is 3.49. The van der Waals surface area contributed by atoms with Crippen molar-refractivity contribution in [3.8, 4) is 0 Å². The highest BCUT2D eigenvalue weighted by Gasteiger charge is 2.29. The molecule has 0 unspecified atom stereocenters. The number of benzene rings is 1. The number of hydrogen-bond acceptors (Lipinski definition) is 3. The Hall–Kier alpha value is -1.66. The lowest BCUT2D eigenvalue weighted by Crippen LogP contribution is -2.45. The van der Waals surface area contributed by atoms with Crippen LogP contribution in [0.25, 0.3) is 0 Å². The number of nitrogens with zero attached hydrogens (tertiary/aromatic N) is 2. The smallest absolute Gasteiger partial charge is 0.238 e. The maximum atomic E-state index is 13.1. The van der Waals surface area contributed by atoms with Crippen molar-refractivity contribution < 1.29 is 14.0 Å². The summed E-state index contributed by atoms with van der Waals surface area (Å²) >= 11 is 5.93. The summed E-state index contributed by atoms with van der Waals surface area (Å²) in [5.74, 6) is -0.251. The summed E-state index contributed by atoms with van der Waals surface area (Å²) in [6.07, 6.45) is 5.02. The molecule has 2 aliphatic heterocycles. The van der Waals surface area contributed by atoms with Gasteiger partial charge in [0.05, 0.1) is 17.3 Å². The fourth-order valence-electron chi connectivity index (χ4n) is 3.69. The summed E-state index contributed by atoms with van der Waals surface area (Å²) in [4.78, 5) is 28.8. The number of nitrogens with one attached hydrogen (secondary N) is 1. The Morgan fingerprint density at radius 2 is 1.81 bits per heavy atom. The monoisotopic (exact) mass is 381 g/mol. The van der Waals surface area contributed by atoms with Crippen molar-refractivity contribution in [3.63, 3.8) is 0 Å². The van der Waals surface area contributed by atoms with Gasteiger partial charge in [0.15, 0.2) is 0 Å². The summed E-state index contributed by atoms with van der Waals surface area (Å²) in [7, 11) is 0. The van der Waals surface area contributed by atoms with Crippen LogP contribution < -0.4 is 5.32 Å². The zero-order chi connectivity index (χ0) is 18.5. The Morgan fingerprint density at radius 1 is 1.12 bits per heavy atom. The molecule has 2 saturated heterocycles. The number of halogens is 2. The fraction of sp³-hybridized carbons (Fsp3) is 0.579. The number of carbonyl (C=O) groups excluding carboxylic acids is 2.